The zero-order chi connectivity index (χ0) is 23.5. The number of ether oxygens (including phenoxy) is 1. The summed E-state index contributed by atoms with van der Waals surface area (Å²) in [6.45, 7) is 1.90. The smallest absolute Gasteiger partial charge is 0.248 e. The van der Waals surface area contributed by atoms with E-state index in [9.17, 15) is 14.0 Å². The van der Waals surface area contributed by atoms with E-state index in [-0.39, 0.29) is 24.9 Å². The molecular weight excluding hydrogens is 425 g/mol. The van der Waals surface area contributed by atoms with Crippen molar-refractivity contribution in [2.45, 2.75) is 38.6 Å². The van der Waals surface area contributed by atoms with Gasteiger partial charge in [-0.3, -0.25) is 9.59 Å². The van der Waals surface area contributed by atoms with Gasteiger partial charge in [-0.05, 0) is 47.7 Å². The highest BCUT2D eigenvalue weighted by molar-refractivity contribution is 5.95. The van der Waals surface area contributed by atoms with Gasteiger partial charge < -0.3 is 25.8 Å². The molecule has 8 heteroatoms. The van der Waals surface area contributed by atoms with Crippen molar-refractivity contribution >= 4 is 17.5 Å². The molecule has 0 bridgehead atoms. The van der Waals surface area contributed by atoms with Gasteiger partial charge in [-0.25, -0.2) is 4.39 Å². The number of amides is 2. The topological polar surface area (TPSA) is 105 Å². The summed E-state index contributed by atoms with van der Waals surface area (Å²) in [4.78, 5) is 25.2. The highest BCUT2D eigenvalue weighted by Crippen LogP contribution is 2.38. The lowest BCUT2D eigenvalue weighted by molar-refractivity contribution is -0.138. The number of hydrogen-bond donors (Lipinski definition) is 3. The van der Waals surface area contributed by atoms with E-state index in [4.69, 9.17) is 15.6 Å². The number of nitrogens with one attached hydrogen (secondary N) is 1. The van der Waals surface area contributed by atoms with Crippen LogP contribution in [0.5, 0.6) is 5.75 Å². The molecule has 2 amide bonds. The van der Waals surface area contributed by atoms with Gasteiger partial charge in [-0.1, -0.05) is 25.1 Å². The van der Waals surface area contributed by atoms with E-state index in [0.29, 0.717) is 24.6 Å². The molecule has 0 unspecified atom stereocenters. The Kier molecular flexibility index (Phi) is 6.95. The van der Waals surface area contributed by atoms with Crippen LogP contribution in [-0.2, 0) is 16.1 Å². The zero-order valence-electron chi connectivity index (χ0n) is 18.7. The Balaban J connectivity index is 1.46. The van der Waals surface area contributed by atoms with Crippen LogP contribution in [0.2, 0.25) is 0 Å². The van der Waals surface area contributed by atoms with E-state index >= 15 is 0 Å². The average molecular weight is 456 g/mol. The Morgan fingerprint density at radius 3 is 2.67 bits per heavy atom. The number of likely N-dealkylation sites (tertiary alicyclic amines) is 1. The van der Waals surface area contributed by atoms with E-state index in [1.165, 1.54) is 4.90 Å². The molecule has 1 saturated carbocycles. The number of benzene rings is 2. The minimum atomic E-state index is -1.35. The minimum Gasteiger partial charge on any atom is -0.487 e. The maximum atomic E-state index is 14.6. The lowest BCUT2D eigenvalue weighted by Gasteiger charge is -2.34. The number of halogens is 1. The minimum absolute atomic E-state index is 0.0542. The first-order valence-corrected chi connectivity index (χ1v) is 11.3. The van der Waals surface area contributed by atoms with Crippen LogP contribution in [0.3, 0.4) is 0 Å². The summed E-state index contributed by atoms with van der Waals surface area (Å²) in [5.41, 5.74) is 9.29. The fourth-order valence-corrected chi connectivity index (χ4v) is 4.24. The summed E-state index contributed by atoms with van der Waals surface area (Å²) >= 11 is 0. The second kappa shape index (κ2) is 9.89. The van der Waals surface area contributed by atoms with Crippen molar-refractivity contribution in [2.24, 2.45) is 17.6 Å². The molecule has 2 aliphatic rings. The molecule has 33 heavy (non-hydrogen) atoms. The number of hydrogen-bond acceptors (Lipinski definition) is 5. The third-order valence-electron chi connectivity index (χ3n) is 6.44. The Labute approximate surface area is 192 Å². The SMILES string of the molecule is C[C@@H]1C[C@H]1C(=O)Nc1cccc(-c2ccc(O[C@H]3CCN(C(=O)CO)C[C@H]3F)c(CN)c2)c1. The van der Waals surface area contributed by atoms with Crippen molar-refractivity contribution in [3.05, 3.63) is 48.0 Å². The van der Waals surface area contributed by atoms with Gasteiger partial charge in [0.15, 0.2) is 6.17 Å². The van der Waals surface area contributed by atoms with E-state index < -0.39 is 24.8 Å². The summed E-state index contributed by atoms with van der Waals surface area (Å²) in [7, 11) is 0. The molecule has 176 valence electrons. The second-order valence-electron chi connectivity index (χ2n) is 8.88. The van der Waals surface area contributed by atoms with Gasteiger partial charge in [0.25, 0.3) is 0 Å². The first kappa shape index (κ1) is 23.2. The maximum absolute atomic E-state index is 14.6. The maximum Gasteiger partial charge on any atom is 0.248 e. The van der Waals surface area contributed by atoms with Crippen LogP contribution in [0.1, 0.15) is 25.3 Å². The molecular formula is C25H30FN3O4. The Bertz CT molecular complexity index is 1030. The molecule has 0 aromatic heterocycles. The van der Waals surface area contributed by atoms with Crippen molar-refractivity contribution in [3.8, 4) is 16.9 Å². The lowest BCUT2D eigenvalue weighted by Crippen LogP contribution is -2.50. The van der Waals surface area contributed by atoms with Gasteiger partial charge in [-0.2, -0.15) is 0 Å². The second-order valence-corrected chi connectivity index (χ2v) is 8.88. The molecule has 1 aliphatic heterocycles. The molecule has 0 spiro atoms. The van der Waals surface area contributed by atoms with Crippen LogP contribution in [0.4, 0.5) is 10.1 Å². The Morgan fingerprint density at radius 2 is 2.00 bits per heavy atom. The van der Waals surface area contributed by atoms with E-state index in [1.807, 2.05) is 36.4 Å². The fourth-order valence-electron chi connectivity index (χ4n) is 4.24. The predicted octanol–water partition coefficient (Wildman–Crippen LogP) is 2.72. The van der Waals surface area contributed by atoms with Crippen LogP contribution in [0.25, 0.3) is 11.1 Å². The number of alkyl halides is 1. The highest BCUT2D eigenvalue weighted by Gasteiger charge is 2.39. The van der Waals surface area contributed by atoms with Crippen molar-refractivity contribution < 1.29 is 23.8 Å². The van der Waals surface area contributed by atoms with Gasteiger partial charge in [0, 0.05) is 36.7 Å². The number of carbonyl (C=O) groups is 2. The predicted molar refractivity (Wildman–Crippen MR) is 123 cm³/mol. The van der Waals surface area contributed by atoms with Gasteiger partial charge >= 0.3 is 0 Å². The quantitative estimate of drug-likeness (QED) is 0.596. The highest BCUT2D eigenvalue weighted by atomic mass is 19.1. The summed E-state index contributed by atoms with van der Waals surface area (Å²) < 4.78 is 20.6. The van der Waals surface area contributed by atoms with E-state index in [0.717, 1.165) is 28.8 Å². The number of anilines is 1. The molecule has 0 radical (unpaired) electrons. The third kappa shape index (κ3) is 5.34. The molecule has 4 atom stereocenters. The number of aliphatic hydroxyl groups excluding tert-OH is 1. The van der Waals surface area contributed by atoms with Crippen LogP contribution in [-0.4, -0.2) is 53.8 Å². The normalized spacial score (nSPS) is 24.3. The number of carbonyl (C=O) groups excluding carboxylic acids is 2. The Hall–Kier alpha value is -2.97. The monoisotopic (exact) mass is 455 g/mol. The number of rotatable bonds is 7. The van der Waals surface area contributed by atoms with Crippen LogP contribution >= 0.6 is 0 Å². The summed E-state index contributed by atoms with van der Waals surface area (Å²) in [5, 5.41) is 12.0. The van der Waals surface area contributed by atoms with E-state index in [2.05, 4.69) is 12.2 Å². The van der Waals surface area contributed by atoms with Crippen molar-refractivity contribution in [1.29, 1.82) is 0 Å². The number of aliphatic hydroxyl groups is 1. The third-order valence-corrected chi connectivity index (χ3v) is 6.44. The Morgan fingerprint density at radius 1 is 1.24 bits per heavy atom. The summed E-state index contributed by atoms with van der Waals surface area (Å²) in [5.74, 6) is 0.635. The van der Waals surface area contributed by atoms with Crippen LogP contribution in [0, 0.1) is 11.8 Å². The molecule has 2 aromatic rings. The molecule has 2 aromatic carbocycles. The average Bonchev–Trinajstić information content (AvgIpc) is 3.57. The summed E-state index contributed by atoms with van der Waals surface area (Å²) in [6, 6.07) is 13.2. The largest absolute Gasteiger partial charge is 0.487 e. The standard InChI is InChI=1S/C25H30FN3O4/c1-15-9-20(15)25(32)28-19-4-2-3-16(11-19)17-5-6-22(18(10-17)12-27)33-23-7-8-29(13-21(23)26)24(31)14-30/h2-6,10-11,15,20-21,23,30H,7-9,12-14,27H2,1H3,(H,28,32)/t15-,20-,21-,23+/m1/s1. The lowest BCUT2D eigenvalue weighted by atomic mass is 10.0. The van der Waals surface area contributed by atoms with Gasteiger partial charge in [0.2, 0.25) is 11.8 Å². The molecule has 2 fully saturated rings. The van der Waals surface area contributed by atoms with Crippen LogP contribution < -0.4 is 15.8 Å². The van der Waals surface area contributed by atoms with Crippen molar-refractivity contribution in [3.63, 3.8) is 0 Å². The zero-order valence-corrected chi connectivity index (χ0v) is 18.7. The van der Waals surface area contributed by atoms with Crippen molar-refractivity contribution in [1.82, 2.24) is 4.90 Å². The van der Waals surface area contributed by atoms with Gasteiger partial charge in [0.1, 0.15) is 18.5 Å². The van der Waals surface area contributed by atoms with Gasteiger partial charge in [-0.15, -0.1) is 0 Å². The molecule has 7 nitrogen and oxygen atoms in total. The van der Waals surface area contributed by atoms with E-state index in [1.54, 1.807) is 6.07 Å². The molecule has 1 aliphatic carbocycles. The number of nitrogens with two attached hydrogens (primary N) is 1. The number of piperidine rings is 1. The molecule has 4 N–H and O–H groups in total. The molecule has 1 saturated heterocycles. The van der Waals surface area contributed by atoms with Crippen molar-refractivity contribution in [2.75, 3.05) is 25.0 Å². The molecule has 4 rings (SSSR count). The summed E-state index contributed by atoms with van der Waals surface area (Å²) in [6.07, 6.45) is -0.773. The number of nitrogens with zero attached hydrogens (tertiary/aromatic N) is 1. The molecule has 1 heterocycles. The first-order chi connectivity index (χ1) is 15.9. The van der Waals surface area contributed by atoms with Crippen LogP contribution in [0.15, 0.2) is 42.5 Å². The van der Waals surface area contributed by atoms with Gasteiger partial charge in [0.05, 0.1) is 6.54 Å². The first-order valence-electron chi connectivity index (χ1n) is 11.3. The fraction of sp³-hybridized carbons (Fsp3) is 0.440.